The summed E-state index contributed by atoms with van der Waals surface area (Å²) in [5.41, 5.74) is 2.35. The van der Waals surface area contributed by atoms with E-state index in [2.05, 4.69) is 33.8 Å². The summed E-state index contributed by atoms with van der Waals surface area (Å²) in [6.07, 6.45) is 9.10. The fraction of sp³-hybridized carbons (Fsp3) is 0.609. The zero-order valence-corrected chi connectivity index (χ0v) is 17.0. The van der Waals surface area contributed by atoms with E-state index in [1.54, 1.807) is 0 Å². The summed E-state index contributed by atoms with van der Waals surface area (Å²) in [4.78, 5) is 12.0. The number of aromatic hydroxyl groups is 1. The van der Waals surface area contributed by atoms with Gasteiger partial charge in [-0.05, 0) is 58.1 Å². The Morgan fingerprint density at radius 1 is 1.30 bits per heavy atom. The van der Waals surface area contributed by atoms with Gasteiger partial charge in [0, 0.05) is 17.4 Å². The predicted octanol–water partition coefficient (Wildman–Crippen LogP) is 5.82. The van der Waals surface area contributed by atoms with Gasteiger partial charge in [0.1, 0.15) is 22.7 Å². The normalized spacial score (nSPS) is 23.0. The third kappa shape index (κ3) is 3.71. The lowest BCUT2D eigenvalue weighted by Gasteiger charge is -2.46. The molecule has 1 aromatic rings. The Hall–Kier alpha value is -1.97. The van der Waals surface area contributed by atoms with Crippen LogP contribution in [0.4, 0.5) is 0 Å². The number of aromatic carboxylic acids is 1. The zero-order valence-electron chi connectivity index (χ0n) is 17.0. The fourth-order valence-corrected chi connectivity index (χ4v) is 4.79. The van der Waals surface area contributed by atoms with Crippen molar-refractivity contribution in [1.29, 1.82) is 0 Å². The van der Waals surface area contributed by atoms with E-state index in [-0.39, 0.29) is 28.7 Å². The van der Waals surface area contributed by atoms with E-state index in [4.69, 9.17) is 4.74 Å². The molecule has 0 aromatic heterocycles. The summed E-state index contributed by atoms with van der Waals surface area (Å²) in [5, 5.41) is 20.8. The molecule has 1 aliphatic carbocycles. The van der Waals surface area contributed by atoms with E-state index in [1.807, 2.05) is 6.07 Å². The zero-order chi connectivity index (χ0) is 19.8. The molecule has 0 fully saturated rings. The highest BCUT2D eigenvalue weighted by Gasteiger charge is 2.46. The molecule has 1 aromatic carbocycles. The molecular weight excluding hydrogens is 340 g/mol. The van der Waals surface area contributed by atoms with Gasteiger partial charge in [-0.25, -0.2) is 4.79 Å². The van der Waals surface area contributed by atoms with Crippen molar-refractivity contribution in [3.05, 3.63) is 34.4 Å². The highest BCUT2D eigenvalue weighted by molar-refractivity contribution is 5.94. The van der Waals surface area contributed by atoms with Crippen LogP contribution < -0.4 is 4.74 Å². The quantitative estimate of drug-likeness (QED) is 0.487. The van der Waals surface area contributed by atoms with Crippen LogP contribution in [-0.4, -0.2) is 21.8 Å². The maximum absolute atomic E-state index is 12.0. The molecule has 27 heavy (non-hydrogen) atoms. The standard InChI is InChI=1S/C23H32O4/c1-5-6-7-8-9-15-13-18-20(21(24)19(15)22(25)26)16-12-14(2)10-11-17(16)23(3,4)27-18/h12-13,16-17,24H,5-11H2,1-4H3,(H,25,26)/t16-,17-/m1/s1. The number of fused-ring (bicyclic) bond motifs is 3. The molecule has 0 bridgehead atoms. The number of benzene rings is 1. The molecule has 1 heterocycles. The SMILES string of the molecule is CCCCCCc1cc2c(c(O)c1C(=O)O)[C@@H]1C=C(C)CC[C@H]1C(C)(C)O2. The molecule has 0 saturated carbocycles. The van der Waals surface area contributed by atoms with Crippen LogP contribution in [0.5, 0.6) is 11.5 Å². The van der Waals surface area contributed by atoms with Gasteiger partial charge < -0.3 is 14.9 Å². The van der Waals surface area contributed by atoms with E-state index in [0.29, 0.717) is 23.3 Å². The minimum absolute atomic E-state index is 0.00439. The van der Waals surface area contributed by atoms with Crippen molar-refractivity contribution in [3.63, 3.8) is 0 Å². The number of rotatable bonds is 6. The summed E-state index contributed by atoms with van der Waals surface area (Å²) >= 11 is 0. The average molecular weight is 373 g/mol. The van der Waals surface area contributed by atoms with E-state index >= 15 is 0 Å². The number of phenols is 1. The first kappa shape index (κ1) is 19.8. The van der Waals surface area contributed by atoms with Gasteiger partial charge in [0.25, 0.3) is 0 Å². The number of carboxylic acid groups (broad SMARTS) is 1. The van der Waals surface area contributed by atoms with Crippen molar-refractivity contribution in [1.82, 2.24) is 0 Å². The summed E-state index contributed by atoms with van der Waals surface area (Å²) in [6.45, 7) is 8.46. The molecule has 4 heteroatoms. The second kappa shape index (κ2) is 7.57. The molecule has 0 spiro atoms. The van der Waals surface area contributed by atoms with Crippen LogP contribution in [-0.2, 0) is 6.42 Å². The summed E-state index contributed by atoms with van der Waals surface area (Å²) in [5.74, 6) is -0.262. The Bertz CT molecular complexity index is 760. The molecule has 2 atom stereocenters. The van der Waals surface area contributed by atoms with Crippen molar-refractivity contribution in [2.75, 3.05) is 0 Å². The number of aryl methyl sites for hydroxylation is 1. The van der Waals surface area contributed by atoms with Gasteiger partial charge in [-0.2, -0.15) is 0 Å². The summed E-state index contributed by atoms with van der Waals surface area (Å²) in [6, 6.07) is 1.88. The third-order valence-electron chi connectivity index (χ3n) is 6.24. The Kier molecular flexibility index (Phi) is 5.55. The van der Waals surface area contributed by atoms with Crippen LogP contribution in [0.25, 0.3) is 0 Å². The minimum Gasteiger partial charge on any atom is -0.507 e. The first-order valence-electron chi connectivity index (χ1n) is 10.2. The van der Waals surface area contributed by atoms with E-state index < -0.39 is 5.97 Å². The molecule has 3 rings (SSSR count). The number of carbonyl (C=O) groups is 1. The van der Waals surface area contributed by atoms with Gasteiger partial charge >= 0.3 is 5.97 Å². The molecular formula is C23H32O4. The number of allylic oxidation sites excluding steroid dienone is 2. The Morgan fingerprint density at radius 3 is 2.70 bits per heavy atom. The Morgan fingerprint density at radius 2 is 2.04 bits per heavy atom. The molecule has 2 aliphatic rings. The van der Waals surface area contributed by atoms with Gasteiger partial charge in [0.15, 0.2) is 0 Å². The number of carboxylic acids is 1. The number of hydrogen-bond acceptors (Lipinski definition) is 3. The molecule has 2 N–H and O–H groups in total. The highest BCUT2D eigenvalue weighted by Crippen LogP contribution is 2.54. The topological polar surface area (TPSA) is 66.8 Å². The molecule has 4 nitrogen and oxygen atoms in total. The smallest absolute Gasteiger partial charge is 0.339 e. The first-order valence-corrected chi connectivity index (χ1v) is 10.2. The van der Waals surface area contributed by atoms with Crippen molar-refractivity contribution < 1.29 is 19.7 Å². The van der Waals surface area contributed by atoms with Gasteiger partial charge in [-0.3, -0.25) is 0 Å². The lowest BCUT2D eigenvalue weighted by atomic mass is 9.67. The number of hydrogen-bond donors (Lipinski definition) is 2. The summed E-state index contributed by atoms with van der Waals surface area (Å²) < 4.78 is 6.33. The maximum atomic E-state index is 12.0. The van der Waals surface area contributed by atoms with Crippen molar-refractivity contribution in [2.24, 2.45) is 5.92 Å². The highest BCUT2D eigenvalue weighted by atomic mass is 16.5. The van der Waals surface area contributed by atoms with Crippen LogP contribution in [0.1, 0.15) is 93.6 Å². The van der Waals surface area contributed by atoms with Crippen molar-refractivity contribution in [3.8, 4) is 11.5 Å². The second-order valence-electron chi connectivity index (χ2n) is 8.68. The van der Waals surface area contributed by atoms with Crippen LogP contribution in [0.15, 0.2) is 17.7 Å². The lowest BCUT2D eigenvalue weighted by Crippen LogP contribution is -2.45. The predicted molar refractivity (Wildman–Crippen MR) is 107 cm³/mol. The number of unbranched alkanes of at least 4 members (excludes halogenated alkanes) is 3. The maximum Gasteiger partial charge on any atom is 0.339 e. The second-order valence-corrected chi connectivity index (χ2v) is 8.68. The number of ether oxygens (including phenoxy) is 1. The Labute approximate surface area is 162 Å². The van der Waals surface area contributed by atoms with Gasteiger partial charge in [0.2, 0.25) is 0 Å². The van der Waals surface area contributed by atoms with E-state index in [1.165, 1.54) is 5.57 Å². The van der Waals surface area contributed by atoms with Gasteiger partial charge in [-0.1, -0.05) is 37.8 Å². The Balaban J connectivity index is 2.09. The first-order chi connectivity index (χ1) is 12.8. The molecule has 0 unspecified atom stereocenters. The lowest BCUT2D eigenvalue weighted by molar-refractivity contribution is 0.0106. The molecule has 0 amide bonds. The van der Waals surface area contributed by atoms with Gasteiger partial charge in [0.05, 0.1) is 0 Å². The van der Waals surface area contributed by atoms with Crippen molar-refractivity contribution >= 4 is 5.97 Å². The van der Waals surface area contributed by atoms with Crippen LogP contribution >= 0.6 is 0 Å². The van der Waals surface area contributed by atoms with Crippen LogP contribution in [0, 0.1) is 5.92 Å². The van der Waals surface area contributed by atoms with Crippen LogP contribution in [0.2, 0.25) is 0 Å². The monoisotopic (exact) mass is 372 g/mol. The summed E-state index contributed by atoms with van der Waals surface area (Å²) in [7, 11) is 0. The third-order valence-corrected chi connectivity index (χ3v) is 6.24. The van der Waals surface area contributed by atoms with Gasteiger partial charge in [-0.15, -0.1) is 0 Å². The van der Waals surface area contributed by atoms with Crippen molar-refractivity contribution in [2.45, 2.75) is 84.2 Å². The molecule has 0 saturated heterocycles. The van der Waals surface area contributed by atoms with E-state index in [0.717, 1.165) is 38.5 Å². The average Bonchev–Trinajstić information content (AvgIpc) is 2.57. The van der Waals surface area contributed by atoms with Crippen LogP contribution in [0.3, 0.4) is 0 Å². The molecule has 1 aliphatic heterocycles. The molecule has 148 valence electrons. The fourth-order valence-electron chi connectivity index (χ4n) is 4.79. The minimum atomic E-state index is -1.06. The largest absolute Gasteiger partial charge is 0.507 e. The van der Waals surface area contributed by atoms with E-state index in [9.17, 15) is 15.0 Å². The molecule has 0 radical (unpaired) electrons.